The molecule has 2 rings (SSSR count). The summed E-state index contributed by atoms with van der Waals surface area (Å²) in [6, 6.07) is 4.41. The van der Waals surface area contributed by atoms with E-state index in [2.05, 4.69) is 31.5 Å². The highest BCUT2D eigenvalue weighted by Crippen LogP contribution is 2.30. The Morgan fingerprint density at radius 3 is 2.67 bits per heavy atom. The maximum atomic E-state index is 12.3. The topological polar surface area (TPSA) is 104 Å². The molecule has 1 aromatic carbocycles. The molecule has 24 heavy (non-hydrogen) atoms. The van der Waals surface area contributed by atoms with E-state index >= 15 is 0 Å². The molecular weight excluding hydrogens is 378 g/mol. The lowest BCUT2D eigenvalue weighted by Gasteiger charge is -2.18. The summed E-state index contributed by atoms with van der Waals surface area (Å²) in [5.74, 6) is 0.378. The number of nitrogens with zero attached hydrogens (tertiary/aromatic N) is 1. The van der Waals surface area contributed by atoms with Crippen molar-refractivity contribution in [3.8, 4) is 11.3 Å². The molecule has 0 aliphatic rings. The van der Waals surface area contributed by atoms with Crippen molar-refractivity contribution in [1.29, 1.82) is 0 Å². The van der Waals surface area contributed by atoms with Crippen LogP contribution in [-0.2, 0) is 4.79 Å². The first kappa shape index (κ1) is 18.0. The number of nitrogens with one attached hydrogen (secondary N) is 2. The lowest BCUT2D eigenvalue weighted by atomic mass is 10.0. The number of oxazole rings is 1. The summed E-state index contributed by atoms with van der Waals surface area (Å²) in [7, 11) is 0. The zero-order chi connectivity index (χ0) is 17.7. The van der Waals surface area contributed by atoms with Crippen LogP contribution in [0.2, 0.25) is 0 Å². The molecule has 0 fully saturated rings. The third-order valence-electron chi connectivity index (χ3n) is 3.26. The fourth-order valence-electron chi connectivity index (χ4n) is 2.22. The van der Waals surface area contributed by atoms with Gasteiger partial charge in [0.25, 0.3) is 0 Å². The highest BCUT2D eigenvalue weighted by molar-refractivity contribution is 9.10. The fourth-order valence-corrected chi connectivity index (χ4v) is 2.80. The molecule has 0 unspecified atom stereocenters. The molecule has 7 nitrogen and oxygen atoms in total. The average molecular weight is 396 g/mol. The van der Waals surface area contributed by atoms with Crippen molar-refractivity contribution in [2.45, 2.75) is 26.3 Å². The molecule has 0 saturated heterocycles. The van der Waals surface area contributed by atoms with Crippen LogP contribution in [0.15, 0.2) is 39.7 Å². The van der Waals surface area contributed by atoms with E-state index < -0.39 is 18.0 Å². The van der Waals surface area contributed by atoms with E-state index in [-0.39, 0.29) is 5.92 Å². The molecular formula is C16H18BrN3O4. The van der Waals surface area contributed by atoms with Gasteiger partial charge < -0.3 is 20.2 Å². The molecule has 1 aromatic heterocycles. The van der Waals surface area contributed by atoms with Crippen molar-refractivity contribution in [3.05, 3.63) is 35.3 Å². The van der Waals surface area contributed by atoms with Gasteiger partial charge in [-0.2, -0.15) is 0 Å². The second kappa shape index (κ2) is 7.96. The molecule has 0 saturated carbocycles. The van der Waals surface area contributed by atoms with Crippen LogP contribution in [0.5, 0.6) is 0 Å². The zero-order valence-corrected chi connectivity index (χ0v) is 14.8. The van der Waals surface area contributed by atoms with E-state index in [1.807, 2.05) is 13.8 Å². The number of anilines is 1. The summed E-state index contributed by atoms with van der Waals surface area (Å²) in [6.45, 7) is 3.85. The van der Waals surface area contributed by atoms with Crippen LogP contribution >= 0.6 is 15.9 Å². The van der Waals surface area contributed by atoms with E-state index in [0.29, 0.717) is 17.9 Å². The molecule has 2 aromatic rings. The Balaban J connectivity index is 2.12. The standard InChI is InChI=1S/C16H18BrN3O4/c1-9(2)5-13(20-16(22)23)15(21)19-10-3-4-11(12(17)6-10)14-7-18-8-24-14/h3-4,6-9,13,20H,5H2,1-2H3,(H,19,21)(H,22,23)/t13-/m1/s1. The third-order valence-corrected chi connectivity index (χ3v) is 3.91. The highest BCUT2D eigenvalue weighted by atomic mass is 79.9. The van der Waals surface area contributed by atoms with Gasteiger partial charge in [0.1, 0.15) is 6.04 Å². The normalized spacial score (nSPS) is 12.0. The number of carboxylic acid groups (broad SMARTS) is 1. The molecule has 0 aliphatic carbocycles. The smallest absolute Gasteiger partial charge is 0.405 e. The maximum absolute atomic E-state index is 12.3. The lowest BCUT2D eigenvalue weighted by molar-refractivity contribution is -0.118. The van der Waals surface area contributed by atoms with Crippen LogP contribution in [0.25, 0.3) is 11.3 Å². The summed E-state index contributed by atoms with van der Waals surface area (Å²) >= 11 is 3.43. The van der Waals surface area contributed by atoms with Crippen molar-refractivity contribution in [2.75, 3.05) is 5.32 Å². The number of halogens is 1. The summed E-state index contributed by atoms with van der Waals surface area (Å²) < 4.78 is 5.97. The molecule has 8 heteroatoms. The van der Waals surface area contributed by atoms with Crippen molar-refractivity contribution in [3.63, 3.8) is 0 Å². The first-order valence-electron chi connectivity index (χ1n) is 7.35. The quantitative estimate of drug-likeness (QED) is 0.690. The minimum absolute atomic E-state index is 0.174. The number of amides is 2. The Bertz CT molecular complexity index is 716. The molecule has 1 atom stereocenters. The first-order chi connectivity index (χ1) is 11.4. The summed E-state index contributed by atoms with van der Waals surface area (Å²) in [5, 5.41) is 13.9. The van der Waals surface area contributed by atoms with Gasteiger partial charge in [-0.15, -0.1) is 0 Å². The van der Waals surface area contributed by atoms with Crippen LogP contribution < -0.4 is 10.6 Å². The van der Waals surface area contributed by atoms with Crippen molar-refractivity contribution >= 4 is 33.6 Å². The maximum Gasteiger partial charge on any atom is 0.405 e. The number of aromatic nitrogens is 1. The molecule has 2 amide bonds. The summed E-state index contributed by atoms with van der Waals surface area (Å²) in [6.07, 6.45) is 2.12. The Kier molecular flexibility index (Phi) is 5.97. The van der Waals surface area contributed by atoms with E-state index in [9.17, 15) is 9.59 Å². The first-order valence-corrected chi connectivity index (χ1v) is 8.15. The molecule has 0 bridgehead atoms. The van der Waals surface area contributed by atoms with Gasteiger partial charge in [-0.25, -0.2) is 9.78 Å². The second-order valence-electron chi connectivity index (χ2n) is 5.68. The second-order valence-corrected chi connectivity index (χ2v) is 6.54. The molecule has 1 heterocycles. The highest BCUT2D eigenvalue weighted by Gasteiger charge is 2.22. The Morgan fingerprint density at radius 1 is 1.38 bits per heavy atom. The average Bonchev–Trinajstić information content (AvgIpc) is 2.99. The van der Waals surface area contributed by atoms with E-state index in [4.69, 9.17) is 9.52 Å². The van der Waals surface area contributed by atoms with Crippen molar-refractivity contribution in [2.24, 2.45) is 5.92 Å². The van der Waals surface area contributed by atoms with E-state index in [0.717, 1.165) is 10.0 Å². The SMILES string of the molecule is CC(C)C[C@@H](NC(=O)O)C(=O)Nc1ccc(-c2cnco2)c(Br)c1. The lowest BCUT2D eigenvalue weighted by Crippen LogP contribution is -2.44. The Labute approximate surface area is 147 Å². The summed E-state index contributed by atoms with van der Waals surface area (Å²) in [4.78, 5) is 27.1. The van der Waals surface area contributed by atoms with Gasteiger partial charge >= 0.3 is 6.09 Å². The van der Waals surface area contributed by atoms with Crippen LogP contribution in [0.3, 0.4) is 0 Å². The monoisotopic (exact) mass is 395 g/mol. The van der Waals surface area contributed by atoms with Crippen LogP contribution in [0.4, 0.5) is 10.5 Å². The van der Waals surface area contributed by atoms with Gasteiger partial charge in [-0.3, -0.25) is 4.79 Å². The number of benzene rings is 1. The van der Waals surface area contributed by atoms with E-state index in [1.165, 1.54) is 6.39 Å². The summed E-state index contributed by atoms with van der Waals surface area (Å²) in [5.41, 5.74) is 1.35. The minimum atomic E-state index is -1.22. The van der Waals surface area contributed by atoms with E-state index in [1.54, 1.807) is 24.4 Å². The van der Waals surface area contributed by atoms with Crippen LogP contribution in [-0.4, -0.2) is 28.1 Å². The zero-order valence-electron chi connectivity index (χ0n) is 13.2. The van der Waals surface area contributed by atoms with Gasteiger partial charge in [0.15, 0.2) is 12.2 Å². The third kappa shape index (κ3) is 4.82. The Hall–Kier alpha value is -2.35. The molecule has 0 radical (unpaired) electrons. The molecule has 0 spiro atoms. The number of carbonyl (C=O) groups excluding carboxylic acids is 1. The minimum Gasteiger partial charge on any atom is -0.465 e. The predicted molar refractivity (Wildman–Crippen MR) is 92.7 cm³/mol. The van der Waals surface area contributed by atoms with Crippen molar-refractivity contribution in [1.82, 2.24) is 10.3 Å². The molecule has 3 N–H and O–H groups in total. The van der Waals surface area contributed by atoms with Gasteiger partial charge in [-0.1, -0.05) is 13.8 Å². The van der Waals surface area contributed by atoms with Gasteiger partial charge in [0.05, 0.1) is 6.20 Å². The number of rotatable bonds is 6. The largest absolute Gasteiger partial charge is 0.465 e. The van der Waals surface area contributed by atoms with Crippen molar-refractivity contribution < 1.29 is 19.1 Å². The number of hydrogen-bond donors (Lipinski definition) is 3. The Morgan fingerprint density at radius 2 is 2.12 bits per heavy atom. The number of hydrogen-bond acceptors (Lipinski definition) is 4. The fraction of sp³-hybridized carbons (Fsp3) is 0.312. The predicted octanol–water partition coefficient (Wildman–Crippen LogP) is 3.72. The number of carbonyl (C=O) groups is 2. The van der Waals surface area contributed by atoms with Gasteiger partial charge in [0, 0.05) is 15.7 Å². The van der Waals surface area contributed by atoms with Crippen LogP contribution in [0.1, 0.15) is 20.3 Å². The van der Waals surface area contributed by atoms with Crippen LogP contribution in [0, 0.1) is 5.92 Å². The van der Waals surface area contributed by atoms with Gasteiger partial charge in [-0.05, 0) is 46.5 Å². The molecule has 0 aliphatic heterocycles. The van der Waals surface area contributed by atoms with Gasteiger partial charge in [0.2, 0.25) is 5.91 Å². The molecule has 128 valence electrons.